The van der Waals surface area contributed by atoms with Crippen molar-refractivity contribution in [3.63, 3.8) is 0 Å². The molecule has 0 aliphatic heterocycles. The third-order valence-electron chi connectivity index (χ3n) is 6.71. The van der Waals surface area contributed by atoms with Crippen molar-refractivity contribution >= 4 is 0 Å². The molecule has 1 atom stereocenters. The molecule has 0 aromatic carbocycles. The summed E-state index contributed by atoms with van der Waals surface area (Å²) in [5.41, 5.74) is 5.76. The molecule has 0 saturated carbocycles. The highest BCUT2D eigenvalue weighted by Gasteiger charge is 2.17. The standard InChI is InChI=1S/C28H61N3/c1-4-7-10-13-16-19-22-28(27-30-24-23-29)31(25-20-17-14-11-8-5-2)26-21-18-15-12-9-6-3/h28,30H,4-27,29H2,1-3H3. The molecule has 0 aliphatic rings. The topological polar surface area (TPSA) is 41.3 Å². The van der Waals surface area contributed by atoms with Gasteiger partial charge in [0.25, 0.3) is 0 Å². The van der Waals surface area contributed by atoms with Gasteiger partial charge < -0.3 is 11.1 Å². The molecular formula is C28H61N3. The average molecular weight is 440 g/mol. The smallest absolute Gasteiger partial charge is 0.0220 e. The normalized spacial score (nSPS) is 12.7. The number of hydrogen-bond donors (Lipinski definition) is 2. The van der Waals surface area contributed by atoms with E-state index in [1.807, 2.05) is 0 Å². The lowest BCUT2D eigenvalue weighted by Gasteiger charge is -2.32. The third-order valence-corrected chi connectivity index (χ3v) is 6.71. The molecule has 1 unspecified atom stereocenters. The van der Waals surface area contributed by atoms with Crippen molar-refractivity contribution in [3.8, 4) is 0 Å². The summed E-state index contributed by atoms with van der Waals surface area (Å²) >= 11 is 0. The van der Waals surface area contributed by atoms with Crippen LogP contribution in [0.15, 0.2) is 0 Å². The maximum atomic E-state index is 5.76. The number of nitrogens with two attached hydrogens (primary N) is 1. The van der Waals surface area contributed by atoms with Crippen LogP contribution in [0.25, 0.3) is 0 Å². The van der Waals surface area contributed by atoms with Crippen molar-refractivity contribution in [2.75, 3.05) is 32.7 Å². The predicted molar refractivity (Wildman–Crippen MR) is 142 cm³/mol. The largest absolute Gasteiger partial charge is 0.329 e. The monoisotopic (exact) mass is 439 g/mol. The molecule has 3 nitrogen and oxygen atoms in total. The number of nitrogens with zero attached hydrogens (tertiary/aromatic N) is 1. The molecule has 0 radical (unpaired) electrons. The van der Waals surface area contributed by atoms with Crippen LogP contribution in [0.1, 0.15) is 143 Å². The van der Waals surface area contributed by atoms with Crippen molar-refractivity contribution in [2.24, 2.45) is 5.73 Å². The predicted octanol–water partition coefficient (Wildman–Crippen LogP) is 7.68. The van der Waals surface area contributed by atoms with E-state index >= 15 is 0 Å². The number of hydrogen-bond acceptors (Lipinski definition) is 3. The van der Waals surface area contributed by atoms with Crippen LogP contribution in [0.3, 0.4) is 0 Å². The Morgan fingerprint density at radius 2 is 1.00 bits per heavy atom. The first-order chi connectivity index (χ1) is 15.3. The van der Waals surface area contributed by atoms with E-state index in [9.17, 15) is 0 Å². The van der Waals surface area contributed by atoms with Gasteiger partial charge in [-0.25, -0.2) is 0 Å². The molecule has 31 heavy (non-hydrogen) atoms. The SMILES string of the molecule is CCCCCCCCC(CNCCN)N(CCCCCCCC)CCCCCCCC. The second-order valence-electron chi connectivity index (χ2n) is 9.77. The molecule has 0 aliphatic carbocycles. The summed E-state index contributed by atoms with van der Waals surface area (Å²) < 4.78 is 0. The summed E-state index contributed by atoms with van der Waals surface area (Å²) in [6, 6.07) is 0.698. The van der Waals surface area contributed by atoms with Crippen molar-refractivity contribution in [1.82, 2.24) is 10.2 Å². The van der Waals surface area contributed by atoms with Crippen molar-refractivity contribution < 1.29 is 0 Å². The van der Waals surface area contributed by atoms with Crippen LogP contribution in [0.2, 0.25) is 0 Å². The number of rotatable bonds is 26. The Bertz CT molecular complexity index is 305. The Morgan fingerprint density at radius 3 is 1.45 bits per heavy atom. The highest BCUT2D eigenvalue weighted by Crippen LogP contribution is 2.16. The minimum absolute atomic E-state index is 0.698. The van der Waals surface area contributed by atoms with Crippen LogP contribution < -0.4 is 11.1 Å². The van der Waals surface area contributed by atoms with E-state index in [1.54, 1.807) is 0 Å². The van der Waals surface area contributed by atoms with E-state index in [4.69, 9.17) is 5.73 Å². The molecule has 0 amide bonds. The van der Waals surface area contributed by atoms with E-state index in [0.717, 1.165) is 19.6 Å². The molecule has 0 aromatic heterocycles. The summed E-state index contributed by atoms with van der Waals surface area (Å²) in [4.78, 5) is 2.86. The molecule has 0 fully saturated rings. The first-order valence-electron chi connectivity index (χ1n) is 14.4. The van der Waals surface area contributed by atoms with Gasteiger partial charge in [-0.05, 0) is 32.4 Å². The van der Waals surface area contributed by atoms with Gasteiger partial charge in [0.15, 0.2) is 0 Å². The molecule has 188 valence electrons. The first-order valence-corrected chi connectivity index (χ1v) is 14.4. The van der Waals surface area contributed by atoms with Gasteiger partial charge in [-0.1, -0.05) is 124 Å². The molecule has 0 bridgehead atoms. The van der Waals surface area contributed by atoms with Crippen molar-refractivity contribution in [3.05, 3.63) is 0 Å². The number of unbranched alkanes of at least 4 members (excludes halogenated alkanes) is 15. The molecule has 0 heterocycles. The van der Waals surface area contributed by atoms with Gasteiger partial charge in [0.2, 0.25) is 0 Å². The van der Waals surface area contributed by atoms with Gasteiger partial charge in [-0.3, -0.25) is 4.90 Å². The van der Waals surface area contributed by atoms with Crippen LogP contribution in [0.5, 0.6) is 0 Å². The molecule has 3 N–H and O–H groups in total. The highest BCUT2D eigenvalue weighted by atomic mass is 15.2. The van der Waals surface area contributed by atoms with Crippen LogP contribution in [0.4, 0.5) is 0 Å². The Hall–Kier alpha value is -0.120. The van der Waals surface area contributed by atoms with Gasteiger partial charge in [0, 0.05) is 25.7 Å². The minimum atomic E-state index is 0.698. The fraction of sp³-hybridized carbons (Fsp3) is 1.00. The van der Waals surface area contributed by atoms with Gasteiger partial charge in [-0.15, -0.1) is 0 Å². The van der Waals surface area contributed by atoms with Crippen LogP contribution >= 0.6 is 0 Å². The molecule has 0 rings (SSSR count). The van der Waals surface area contributed by atoms with E-state index in [2.05, 4.69) is 31.0 Å². The van der Waals surface area contributed by atoms with Crippen molar-refractivity contribution in [1.29, 1.82) is 0 Å². The van der Waals surface area contributed by atoms with Crippen LogP contribution in [-0.2, 0) is 0 Å². The minimum Gasteiger partial charge on any atom is -0.329 e. The molecule has 0 spiro atoms. The lowest BCUT2D eigenvalue weighted by molar-refractivity contribution is 0.171. The van der Waals surface area contributed by atoms with Gasteiger partial charge >= 0.3 is 0 Å². The Balaban J connectivity index is 4.54. The lowest BCUT2D eigenvalue weighted by Crippen LogP contribution is -2.44. The summed E-state index contributed by atoms with van der Waals surface area (Å²) in [6.07, 6.45) is 26.5. The Kier molecular flexibility index (Phi) is 26.0. The summed E-state index contributed by atoms with van der Waals surface area (Å²) in [5, 5.41) is 3.65. The van der Waals surface area contributed by atoms with Gasteiger partial charge in [0.1, 0.15) is 0 Å². The molecular weight excluding hydrogens is 378 g/mol. The molecule has 3 heteroatoms. The molecule has 0 saturated heterocycles. The maximum absolute atomic E-state index is 5.76. The molecule has 0 aromatic rings. The zero-order valence-corrected chi connectivity index (χ0v) is 22.1. The van der Waals surface area contributed by atoms with Crippen LogP contribution in [0, 0.1) is 0 Å². The first kappa shape index (κ1) is 30.9. The summed E-state index contributed by atoms with van der Waals surface area (Å²) in [6.45, 7) is 12.3. The zero-order chi connectivity index (χ0) is 22.8. The zero-order valence-electron chi connectivity index (χ0n) is 22.1. The van der Waals surface area contributed by atoms with E-state index < -0.39 is 0 Å². The van der Waals surface area contributed by atoms with Crippen molar-refractivity contribution in [2.45, 2.75) is 149 Å². The number of nitrogens with one attached hydrogen (secondary N) is 1. The third kappa shape index (κ3) is 21.5. The Labute approximate surface area is 197 Å². The fourth-order valence-corrected chi connectivity index (χ4v) is 4.61. The summed E-state index contributed by atoms with van der Waals surface area (Å²) in [7, 11) is 0. The van der Waals surface area contributed by atoms with Gasteiger partial charge in [-0.2, -0.15) is 0 Å². The highest BCUT2D eigenvalue weighted by molar-refractivity contribution is 4.75. The van der Waals surface area contributed by atoms with E-state index in [0.29, 0.717) is 6.04 Å². The second-order valence-corrected chi connectivity index (χ2v) is 9.77. The average Bonchev–Trinajstić information content (AvgIpc) is 2.78. The van der Waals surface area contributed by atoms with E-state index in [1.165, 1.54) is 135 Å². The maximum Gasteiger partial charge on any atom is 0.0220 e. The summed E-state index contributed by atoms with van der Waals surface area (Å²) in [5.74, 6) is 0. The second kappa shape index (κ2) is 26.1. The Morgan fingerprint density at radius 1 is 0.581 bits per heavy atom. The van der Waals surface area contributed by atoms with Crippen LogP contribution in [-0.4, -0.2) is 43.7 Å². The van der Waals surface area contributed by atoms with E-state index in [-0.39, 0.29) is 0 Å². The quantitative estimate of drug-likeness (QED) is 0.136. The fourth-order valence-electron chi connectivity index (χ4n) is 4.61. The lowest BCUT2D eigenvalue weighted by atomic mass is 10.0. The van der Waals surface area contributed by atoms with Gasteiger partial charge in [0.05, 0.1) is 0 Å².